The molecule has 2 heterocycles. The van der Waals surface area contributed by atoms with Crippen molar-refractivity contribution in [1.29, 1.82) is 0 Å². The maximum Gasteiger partial charge on any atom is 0.0524 e. The Morgan fingerprint density at radius 2 is 2.12 bits per heavy atom. The fourth-order valence-electron chi connectivity index (χ4n) is 2.10. The number of piperazine rings is 1. The van der Waals surface area contributed by atoms with E-state index in [0.29, 0.717) is 5.92 Å². The maximum atomic E-state index is 4.40. The molecule has 0 amide bonds. The first-order valence-corrected chi connectivity index (χ1v) is 6.19. The Morgan fingerprint density at radius 3 is 2.81 bits per heavy atom. The van der Waals surface area contributed by atoms with E-state index in [9.17, 15) is 0 Å². The Kier molecular flexibility index (Phi) is 3.96. The summed E-state index contributed by atoms with van der Waals surface area (Å²) in [6.45, 7) is 11.0. The summed E-state index contributed by atoms with van der Waals surface area (Å²) in [5.74, 6) is 0.654. The molecule has 1 aliphatic heterocycles. The summed E-state index contributed by atoms with van der Waals surface area (Å²) in [4.78, 5) is 2.49. The van der Waals surface area contributed by atoms with Crippen molar-refractivity contribution in [3.63, 3.8) is 0 Å². The van der Waals surface area contributed by atoms with Gasteiger partial charge in [0.2, 0.25) is 0 Å². The molecule has 1 aromatic heterocycles. The minimum atomic E-state index is 0.654. The second kappa shape index (κ2) is 5.46. The molecule has 0 aliphatic carbocycles. The van der Waals surface area contributed by atoms with Gasteiger partial charge < -0.3 is 5.32 Å². The van der Waals surface area contributed by atoms with Gasteiger partial charge in [-0.05, 0) is 12.0 Å². The van der Waals surface area contributed by atoms with E-state index in [1.807, 2.05) is 6.20 Å². The Labute approximate surface area is 97.6 Å². The first-order valence-electron chi connectivity index (χ1n) is 6.19. The fraction of sp³-hybridized carbons (Fsp3) is 0.750. The Balaban J connectivity index is 1.94. The summed E-state index contributed by atoms with van der Waals surface area (Å²) in [6, 6.07) is 2.14. The van der Waals surface area contributed by atoms with Crippen LogP contribution in [0.1, 0.15) is 19.5 Å². The molecule has 1 aliphatic rings. The second-order valence-corrected chi connectivity index (χ2v) is 4.92. The first-order chi connectivity index (χ1) is 7.75. The van der Waals surface area contributed by atoms with Gasteiger partial charge in [-0.25, -0.2) is 0 Å². The van der Waals surface area contributed by atoms with Crippen molar-refractivity contribution < 1.29 is 0 Å². The highest BCUT2D eigenvalue weighted by molar-refractivity contribution is 5.00. The van der Waals surface area contributed by atoms with Gasteiger partial charge in [0, 0.05) is 45.5 Å². The van der Waals surface area contributed by atoms with Crippen molar-refractivity contribution in [3.05, 3.63) is 18.0 Å². The van der Waals surface area contributed by atoms with Gasteiger partial charge in [0.1, 0.15) is 0 Å². The van der Waals surface area contributed by atoms with Gasteiger partial charge in [0.15, 0.2) is 0 Å². The molecule has 0 unspecified atom stereocenters. The monoisotopic (exact) mass is 222 g/mol. The van der Waals surface area contributed by atoms with Gasteiger partial charge in [0.05, 0.1) is 5.69 Å². The molecule has 4 heteroatoms. The number of hydrogen-bond acceptors (Lipinski definition) is 3. The van der Waals surface area contributed by atoms with Gasteiger partial charge in [-0.15, -0.1) is 0 Å². The highest BCUT2D eigenvalue weighted by atomic mass is 15.3. The third-order valence-electron chi connectivity index (χ3n) is 2.94. The third kappa shape index (κ3) is 3.06. The predicted molar refractivity (Wildman–Crippen MR) is 65.2 cm³/mol. The molecule has 0 bridgehead atoms. The molecule has 4 nitrogen and oxygen atoms in total. The average Bonchev–Trinajstić information content (AvgIpc) is 2.66. The summed E-state index contributed by atoms with van der Waals surface area (Å²) in [6.07, 6.45) is 1.92. The lowest BCUT2D eigenvalue weighted by molar-refractivity contribution is 0.225. The van der Waals surface area contributed by atoms with E-state index >= 15 is 0 Å². The van der Waals surface area contributed by atoms with Crippen molar-refractivity contribution in [1.82, 2.24) is 20.0 Å². The standard InChI is InChI=1S/C12H22N4/c1-11(2)9-16-12(3-4-14-16)10-15-7-5-13-6-8-15/h3-4,11,13H,5-10H2,1-2H3. The van der Waals surface area contributed by atoms with Crippen LogP contribution < -0.4 is 5.32 Å². The quantitative estimate of drug-likeness (QED) is 0.823. The summed E-state index contributed by atoms with van der Waals surface area (Å²) >= 11 is 0. The smallest absolute Gasteiger partial charge is 0.0524 e. The lowest BCUT2D eigenvalue weighted by Gasteiger charge is -2.27. The van der Waals surface area contributed by atoms with Crippen molar-refractivity contribution >= 4 is 0 Å². The van der Waals surface area contributed by atoms with Crippen LogP contribution in [0, 0.1) is 5.92 Å². The van der Waals surface area contributed by atoms with Crippen LogP contribution in [-0.4, -0.2) is 40.9 Å². The lowest BCUT2D eigenvalue weighted by atomic mass is 10.2. The van der Waals surface area contributed by atoms with Crippen LogP contribution in [0.3, 0.4) is 0 Å². The van der Waals surface area contributed by atoms with Crippen LogP contribution in [0.4, 0.5) is 0 Å². The third-order valence-corrected chi connectivity index (χ3v) is 2.94. The lowest BCUT2D eigenvalue weighted by Crippen LogP contribution is -2.43. The molecule has 1 saturated heterocycles. The van der Waals surface area contributed by atoms with E-state index in [-0.39, 0.29) is 0 Å². The average molecular weight is 222 g/mol. The van der Waals surface area contributed by atoms with Crippen LogP contribution in [-0.2, 0) is 13.1 Å². The molecule has 1 aromatic rings. The van der Waals surface area contributed by atoms with Crippen molar-refractivity contribution in [2.45, 2.75) is 26.9 Å². The van der Waals surface area contributed by atoms with E-state index in [0.717, 1.165) is 39.3 Å². The van der Waals surface area contributed by atoms with E-state index in [1.165, 1.54) is 5.69 Å². The number of rotatable bonds is 4. The predicted octanol–water partition coefficient (Wildman–Crippen LogP) is 0.944. The number of hydrogen-bond donors (Lipinski definition) is 1. The summed E-state index contributed by atoms with van der Waals surface area (Å²) < 4.78 is 2.15. The van der Waals surface area contributed by atoms with Crippen molar-refractivity contribution in [3.8, 4) is 0 Å². The van der Waals surface area contributed by atoms with Crippen molar-refractivity contribution in [2.24, 2.45) is 5.92 Å². The minimum absolute atomic E-state index is 0.654. The molecule has 1 N–H and O–H groups in total. The van der Waals surface area contributed by atoms with Crippen LogP contribution in [0.25, 0.3) is 0 Å². The molecule has 90 valence electrons. The molecule has 0 atom stereocenters. The van der Waals surface area contributed by atoms with E-state index in [4.69, 9.17) is 0 Å². The molecule has 0 spiro atoms. The van der Waals surface area contributed by atoms with Gasteiger partial charge in [-0.2, -0.15) is 5.10 Å². The van der Waals surface area contributed by atoms with Gasteiger partial charge in [-0.1, -0.05) is 13.8 Å². The summed E-state index contributed by atoms with van der Waals surface area (Å²) in [5.41, 5.74) is 1.34. The molecular weight excluding hydrogens is 200 g/mol. The highest BCUT2D eigenvalue weighted by Gasteiger charge is 2.12. The summed E-state index contributed by atoms with van der Waals surface area (Å²) in [7, 11) is 0. The van der Waals surface area contributed by atoms with Crippen LogP contribution >= 0.6 is 0 Å². The van der Waals surface area contributed by atoms with E-state index in [1.54, 1.807) is 0 Å². The van der Waals surface area contributed by atoms with Crippen LogP contribution in [0.5, 0.6) is 0 Å². The van der Waals surface area contributed by atoms with Crippen LogP contribution in [0.2, 0.25) is 0 Å². The molecule has 16 heavy (non-hydrogen) atoms. The van der Waals surface area contributed by atoms with E-state index in [2.05, 4.69) is 39.9 Å². The van der Waals surface area contributed by atoms with Gasteiger partial charge >= 0.3 is 0 Å². The van der Waals surface area contributed by atoms with Gasteiger partial charge in [0.25, 0.3) is 0 Å². The highest BCUT2D eigenvalue weighted by Crippen LogP contribution is 2.07. The van der Waals surface area contributed by atoms with E-state index < -0.39 is 0 Å². The van der Waals surface area contributed by atoms with Crippen molar-refractivity contribution in [2.75, 3.05) is 26.2 Å². The zero-order valence-electron chi connectivity index (χ0n) is 10.3. The Bertz CT molecular complexity index is 313. The molecule has 0 radical (unpaired) electrons. The SMILES string of the molecule is CC(C)Cn1nccc1CN1CCNCC1. The maximum absolute atomic E-state index is 4.40. The van der Waals surface area contributed by atoms with Gasteiger partial charge in [-0.3, -0.25) is 9.58 Å². The molecule has 0 aromatic carbocycles. The number of nitrogens with one attached hydrogen (secondary N) is 1. The Morgan fingerprint density at radius 1 is 1.38 bits per heavy atom. The largest absolute Gasteiger partial charge is 0.314 e. The molecule has 2 rings (SSSR count). The Hall–Kier alpha value is -0.870. The minimum Gasteiger partial charge on any atom is -0.314 e. The summed E-state index contributed by atoms with van der Waals surface area (Å²) in [5, 5.41) is 7.77. The topological polar surface area (TPSA) is 33.1 Å². The zero-order chi connectivity index (χ0) is 11.4. The first kappa shape index (κ1) is 11.6. The normalized spacial score (nSPS) is 18.2. The fourth-order valence-corrected chi connectivity index (χ4v) is 2.10. The zero-order valence-corrected chi connectivity index (χ0v) is 10.3. The molecular formula is C12H22N4. The molecule has 0 saturated carbocycles. The number of nitrogens with zero attached hydrogens (tertiary/aromatic N) is 3. The van der Waals surface area contributed by atoms with Crippen LogP contribution in [0.15, 0.2) is 12.3 Å². The number of aromatic nitrogens is 2. The second-order valence-electron chi connectivity index (χ2n) is 4.92. The molecule has 1 fully saturated rings.